The third-order valence-electron chi connectivity index (χ3n) is 8.12. The van der Waals surface area contributed by atoms with Gasteiger partial charge in [-0.25, -0.2) is 0 Å². The van der Waals surface area contributed by atoms with Gasteiger partial charge >= 0.3 is 0 Å². The third-order valence-corrected chi connectivity index (χ3v) is 8.43. The van der Waals surface area contributed by atoms with Crippen LogP contribution in [0.1, 0.15) is 58.5 Å². The number of anilines is 2. The molecule has 3 heterocycles. The quantitative estimate of drug-likeness (QED) is 0.227. The van der Waals surface area contributed by atoms with Crippen molar-refractivity contribution >= 4 is 52.9 Å². The highest BCUT2D eigenvalue weighted by atomic mass is 35.5. The zero-order chi connectivity index (χ0) is 33.2. The Bertz CT molecular complexity index is 1860. The normalized spacial score (nSPS) is 16.3. The molecule has 5 rings (SSSR count). The van der Waals surface area contributed by atoms with E-state index >= 15 is 0 Å². The molecule has 4 amide bonds. The van der Waals surface area contributed by atoms with Gasteiger partial charge in [0.25, 0.3) is 11.8 Å². The summed E-state index contributed by atoms with van der Waals surface area (Å²) in [7, 11) is 1.49. The third kappa shape index (κ3) is 6.48. The van der Waals surface area contributed by atoms with Crippen LogP contribution in [0, 0.1) is 29.1 Å². The van der Waals surface area contributed by atoms with E-state index in [1.165, 1.54) is 28.8 Å². The minimum Gasteiger partial charge on any atom is -0.369 e. The second-order valence-electron chi connectivity index (χ2n) is 11.6. The van der Waals surface area contributed by atoms with Crippen molar-refractivity contribution in [1.29, 1.82) is 5.26 Å². The Balaban J connectivity index is 1.21. The summed E-state index contributed by atoms with van der Waals surface area (Å²) in [6.07, 6.45) is 4.24. The Kier molecular flexibility index (Phi) is 8.94. The van der Waals surface area contributed by atoms with Gasteiger partial charge in [0.15, 0.2) is 6.29 Å². The van der Waals surface area contributed by atoms with Crippen molar-refractivity contribution in [2.24, 2.45) is 5.92 Å². The van der Waals surface area contributed by atoms with Crippen LogP contribution in [0.3, 0.4) is 0 Å². The number of nitrogens with one attached hydrogen (secondary N) is 2. The average Bonchev–Trinajstić information content (AvgIpc) is 3.49. The molecule has 2 saturated heterocycles. The van der Waals surface area contributed by atoms with Crippen LogP contribution in [-0.2, 0) is 19.9 Å². The summed E-state index contributed by atoms with van der Waals surface area (Å²) in [6.45, 7) is 4.64. The Morgan fingerprint density at radius 3 is 2.63 bits per heavy atom. The summed E-state index contributed by atoms with van der Waals surface area (Å²) >= 11 is 6.09. The van der Waals surface area contributed by atoms with Crippen LogP contribution < -0.4 is 15.5 Å². The van der Waals surface area contributed by atoms with Gasteiger partial charge in [0.05, 0.1) is 33.8 Å². The van der Waals surface area contributed by atoms with Gasteiger partial charge < -0.3 is 15.1 Å². The molecule has 1 atom stereocenters. The van der Waals surface area contributed by atoms with Gasteiger partial charge in [-0.05, 0) is 56.7 Å². The highest BCUT2D eigenvalue weighted by molar-refractivity contribution is 6.32. The van der Waals surface area contributed by atoms with Gasteiger partial charge in [-0.1, -0.05) is 23.4 Å². The van der Waals surface area contributed by atoms with Crippen molar-refractivity contribution in [3.05, 3.63) is 76.1 Å². The minimum atomic E-state index is -1.05. The van der Waals surface area contributed by atoms with Gasteiger partial charge in [-0.3, -0.25) is 34.0 Å². The zero-order valence-electron chi connectivity index (χ0n) is 25.3. The van der Waals surface area contributed by atoms with E-state index in [9.17, 15) is 24.0 Å². The first-order chi connectivity index (χ1) is 21.9. The number of nitriles is 1. The molecule has 0 bridgehead atoms. The largest absolute Gasteiger partial charge is 0.369 e. The molecule has 0 spiro atoms. The van der Waals surface area contributed by atoms with Crippen molar-refractivity contribution < 1.29 is 24.0 Å². The molecule has 234 valence electrons. The molecule has 46 heavy (non-hydrogen) atoms. The first-order valence-electron chi connectivity index (χ1n) is 14.4. The van der Waals surface area contributed by atoms with E-state index in [0.717, 1.165) is 5.69 Å². The van der Waals surface area contributed by atoms with Gasteiger partial charge in [0.2, 0.25) is 11.8 Å². The Morgan fingerprint density at radius 2 is 1.96 bits per heavy atom. The summed E-state index contributed by atoms with van der Waals surface area (Å²) in [4.78, 5) is 65.2. The van der Waals surface area contributed by atoms with Crippen LogP contribution >= 0.6 is 11.6 Å². The van der Waals surface area contributed by atoms with E-state index in [4.69, 9.17) is 16.9 Å². The van der Waals surface area contributed by atoms with Crippen LogP contribution in [0.25, 0.3) is 0 Å². The van der Waals surface area contributed by atoms with Crippen LogP contribution in [0.5, 0.6) is 0 Å². The molecule has 2 aliphatic heterocycles. The Morgan fingerprint density at radius 1 is 1.20 bits per heavy atom. The first kappa shape index (κ1) is 31.9. The van der Waals surface area contributed by atoms with Crippen molar-refractivity contribution in [2.75, 3.05) is 30.4 Å². The number of aromatic nitrogens is 2. The Labute approximate surface area is 270 Å². The Hall–Kier alpha value is -5.46. The van der Waals surface area contributed by atoms with E-state index in [1.54, 1.807) is 50.5 Å². The van der Waals surface area contributed by atoms with Crippen molar-refractivity contribution in [3.8, 4) is 17.9 Å². The van der Waals surface area contributed by atoms with Gasteiger partial charge in [-0.15, -0.1) is 0 Å². The smallest absolute Gasteiger partial charge is 0.255 e. The number of aldehydes is 1. The molecule has 2 N–H and O–H groups in total. The van der Waals surface area contributed by atoms with Crippen LogP contribution in [-0.4, -0.2) is 70.8 Å². The molecule has 13 heteroatoms. The number of nitrogens with zero attached hydrogens (tertiary/aromatic N) is 5. The lowest BCUT2D eigenvalue weighted by Crippen LogP contribution is -2.53. The molecule has 2 aliphatic rings. The zero-order valence-corrected chi connectivity index (χ0v) is 26.1. The molecule has 0 aliphatic carbocycles. The summed E-state index contributed by atoms with van der Waals surface area (Å²) < 4.78 is 1.53. The van der Waals surface area contributed by atoms with Crippen LogP contribution in [0.4, 0.5) is 11.4 Å². The molecule has 0 saturated carbocycles. The second-order valence-corrected chi connectivity index (χ2v) is 12.0. The number of carbonyl (C=O) groups excluding carboxylic acids is 5. The maximum absolute atomic E-state index is 13.3. The number of benzene rings is 2. The van der Waals surface area contributed by atoms with Crippen LogP contribution in [0.15, 0.2) is 48.8 Å². The van der Waals surface area contributed by atoms with E-state index in [2.05, 4.69) is 27.6 Å². The maximum Gasteiger partial charge on any atom is 0.255 e. The molecule has 0 radical (unpaired) electrons. The number of carbonyl (C=O) groups is 5. The minimum absolute atomic E-state index is 0.0387. The summed E-state index contributed by atoms with van der Waals surface area (Å²) in [5, 5.41) is 18.7. The number of halogens is 1. The van der Waals surface area contributed by atoms with E-state index in [0.29, 0.717) is 36.2 Å². The predicted octanol–water partition coefficient (Wildman–Crippen LogP) is 2.96. The fourth-order valence-corrected chi connectivity index (χ4v) is 5.37. The van der Waals surface area contributed by atoms with Gasteiger partial charge in [-0.2, -0.15) is 10.4 Å². The highest BCUT2D eigenvalue weighted by Gasteiger charge is 2.34. The number of hydrogen-bond donors (Lipinski definition) is 2. The number of imide groups is 1. The average molecular weight is 640 g/mol. The lowest BCUT2D eigenvalue weighted by molar-refractivity contribution is -0.136. The topological polar surface area (TPSA) is 157 Å². The molecule has 1 aromatic heterocycles. The molecule has 2 aromatic carbocycles. The molecular formula is C33H30ClN7O5. The van der Waals surface area contributed by atoms with E-state index in [-0.39, 0.29) is 46.7 Å². The van der Waals surface area contributed by atoms with E-state index in [1.807, 2.05) is 11.0 Å². The van der Waals surface area contributed by atoms with Gasteiger partial charge in [0, 0.05) is 49.7 Å². The molecule has 2 fully saturated rings. The maximum atomic E-state index is 13.3. The summed E-state index contributed by atoms with van der Waals surface area (Å²) in [5.74, 6) is 4.66. The fraction of sp³-hybridized carbons (Fsp3) is 0.303. The number of hydrogen-bond acceptors (Lipinski definition) is 8. The summed E-state index contributed by atoms with van der Waals surface area (Å²) in [6, 6.07) is 10.8. The van der Waals surface area contributed by atoms with Gasteiger partial charge in [0.1, 0.15) is 17.6 Å². The van der Waals surface area contributed by atoms with Crippen molar-refractivity contribution in [3.63, 3.8) is 0 Å². The standard InChI is InChI=1S/C33H30ClN7O5/c1-33(2,32(46)37-24-8-6-22(14-35)27(34)12-24)41-18-20(15-36-41)4-5-21-16-40(17-21)25-9-7-23(19-42)26(13-25)31(45)39(3)28-10-11-29(43)38-30(28)44/h6-9,12-13,15,18-19,21,28H,10-11,16-17H2,1-3H3,(H,37,46)(H,38,43,44). The monoisotopic (exact) mass is 639 g/mol. The highest BCUT2D eigenvalue weighted by Crippen LogP contribution is 2.28. The number of rotatable bonds is 7. The molecule has 1 unspecified atom stereocenters. The second kappa shape index (κ2) is 12.9. The fourth-order valence-electron chi connectivity index (χ4n) is 5.14. The first-order valence-corrected chi connectivity index (χ1v) is 14.8. The lowest BCUT2D eigenvalue weighted by atomic mass is 9.97. The predicted molar refractivity (Wildman–Crippen MR) is 169 cm³/mol. The van der Waals surface area contributed by atoms with Crippen molar-refractivity contribution in [2.45, 2.75) is 38.3 Å². The van der Waals surface area contributed by atoms with Crippen LogP contribution in [0.2, 0.25) is 5.02 Å². The number of amides is 4. The SMILES string of the molecule is CN(C(=O)c1cc(N2CC(C#Cc3cnn(C(C)(C)C(=O)Nc4ccc(C#N)c(Cl)c4)c3)C2)ccc1C=O)C1CCC(=O)NC1=O. The lowest BCUT2D eigenvalue weighted by Gasteiger charge is -2.38. The molecule has 3 aromatic rings. The van der Waals surface area contributed by atoms with E-state index < -0.39 is 23.4 Å². The van der Waals surface area contributed by atoms with Crippen molar-refractivity contribution in [1.82, 2.24) is 20.0 Å². The number of piperidine rings is 1. The summed E-state index contributed by atoms with van der Waals surface area (Å²) in [5.41, 5.74) is 1.49. The molecular weight excluding hydrogens is 610 g/mol. The molecule has 12 nitrogen and oxygen atoms in total. The number of likely N-dealkylation sites (N-methyl/N-ethyl adjacent to an activating group) is 1.